The third-order valence-corrected chi connectivity index (χ3v) is 4.75. The summed E-state index contributed by atoms with van der Waals surface area (Å²) in [5.41, 5.74) is 0.0740. The van der Waals surface area contributed by atoms with Crippen molar-refractivity contribution >= 4 is 39.1 Å². The number of hydrogen-bond donors (Lipinski definition) is 1. The summed E-state index contributed by atoms with van der Waals surface area (Å²) < 4.78 is 14.5. The molecule has 3 rings (SSSR count). The molecule has 96 valence electrons. The van der Waals surface area contributed by atoms with Crippen molar-refractivity contribution in [3.8, 4) is 0 Å². The predicted octanol–water partition coefficient (Wildman–Crippen LogP) is 3.30. The fourth-order valence-electron chi connectivity index (χ4n) is 2.66. The Bertz CT molecular complexity index is 559. The van der Waals surface area contributed by atoms with Crippen LogP contribution in [-0.4, -0.2) is 18.6 Å². The van der Waals surface area contributed by atoms with Crippen molar-refractivity contribution in [3.63, 3.8) is 0 Å². The number of anilines is 1. The van der Waals surface area contributed by atoms with Crippen molar-refractivity contribution in [2.45, 2.75) is 24.9 Å². The van der Waals surface area contributed by atoms with E-state index >= 15 is 0 Å². The number of carbonyl (C=O) groups is 1. The Labute approximate surface area is 117 Å². The van der Waals surface area contributed by atoms with E-state index in [4.69, 9.17) is 11.6 Å². The average Bonchev–Trinajstić information content (AvgIpc) is 2.26. The van der Waals surface area contributed by atoms with Crippen LogP contribution in [0.1, 0.15) is 29.6 Å². The number of nitrogens with one attached hydrogen (secondary N) is 1. The van der Waals surface area contributed by atoms with Crippen molar-refractivity contribution in [1.29, 1.82) is 0 Å². The van der Waals surface area contributed by atoms with Crippen molar-refractivity contribution in [2.75, 3.05) is 11.9 Å². The van der Waals surface area contributed by atoms with Crippen LogP contribution < -0.4 is 10.2 Å². The van der Waals surface area contributed by atoms with Crippen LogP contribution in [0.5, 0.6) is 0 Å². The fourth-order valence-corrected chi connectivity index (χ4v) is 3.49. The highest BCUT2D eigenvalue weighted by atomic mass is 79.9. The fraction of sp³-hybridized carbons (Fsp3) is 0.417. The number of amides is 1. The van der Waals surface area contributed by atoms with E-state index in [0.29, 0.717) is 0 Å². The Morgan fingerprint density at radius 2 is 2.22 bits per heavy atom. The van der Waals surface area contributed by atoms with Crippen LogP contribution >= 0.6 is 27.5 Å². The molecule has 1 aromatic carbocycles. The van der Waals surface area contributed by atoms with E-state index in [0.717, 1.165) is 19.3 Å². The molecule has 1 N–H and O–H groups in total. The molecule has 18 heavy (non-hydrogen) atoms. The summed E-state index contributed by atoms with van der Waals surface area (Å²) >= 11 is 9.18. The molecule has 2 aliphatic rings. The van der Waals surface area contributed by atoms with Crippen LogP contribution in [0.25, 0.3) is 0 Å². The third kappa shape index (κ3) is 1.43. The highest BCUT2D eigenvalue weighted by Crippen LogP contribution is 2.45. The molecular weight excluding hydrogens is 323 g/mol. The van der Waals surface area contributed by atoms with Crippen molar-refractivity contribution in [2.24, 2.45) is 0 Å². The largest absolute Gasteiger partial charge is 0.349 e. The Kier molecular flexibility index (Phi) is 2.61. The molecule has 1 aromatic rings. The highest BCUT2D eigenvalue weighted by molar-refractivity contribution is 9.10. The molecule has 0 unspecified atom stereocenters. The molecule has 0 aromatic heterocycles. The van der Waals surface area contributed by atoms with Gasteiger partial charge < -0.3 is 10.2 Å². The van der Waals surface area contributed by atoms with Gasteiger partial charge in [-0.3, -0.25) is 4.79 Å². The van der Waals surface area contributed by atoms with Gasteiger partial charge in [0.25, 0.3) is 5.91 Å². The Morgan fingerprint density at radius 1 is 1.56 bits per heavy atom. The summed E-state index contributed by atoms with van der Waals surface area (Å²) in [7, 11) is 1.79. The topological polar surface area (TPSA) is 32.3 Å². The van der Waals surface area contributed by atoms with Gasteiger partial charge in [-0.15, -0.1) is 0 Å². The van der Waals surface area contributed by atoms with E-state index in [9.17, 15) is 9.18 Å². The molecule has 0 saturated heterocycles. The first-order valence-electron chi connectivity index (χ1n) is 5.70. The number of halogens is 3. The number of nitrogens with zero attached hydrogens (tertiary/aromatic N) is 1. The maximum absolute atomic E-state index is 14.3. The summed E-state index contributed by atoms with van der Waals surface area (Å²) in [6.07, 6.45) is 2.69. The summed E-state index contributed by atoms with van der Waals surface area (Å²) in [6.45, 7) is 0. The molecule has 1 saturated carbocycles. The second-order valence-corrected chi connectivity index (χ2v) is 6.04. The molecule has 0 atom stereocenters. The zero-order valence-corrected chi connectivity index (χ0v) is 12.0. The van der Waals surface area contributed by atoms with E-state index in [1.54, 1.807) is 11.9 Å². The van der Waals surface area contributed by atoms with Crippen LogP contribution in [0, 0.1) is 5.82 Å². The smallest absolute Gasteiger partial charge is 0.256 e. The average molecular weight is 334 g/mol. The lowest BCUT2D eigenvalue weighted by Gasteiger charge is -2.53. The first kappa shape index (κ1) is 12.2. The van der Waals surface area contributed by atoms with Gasteiger partial charge >= 0.3 is 0 Å². The standard InChI is InChI=1S/C12H11BrClFN2O/c1-17-10-8(7(14)5-6(13)9(10)15)11(18)16-12(17)3-2-4-12/h5H,2-4H2,1H3,(H,16,18). The highest BCUT2D eigenvalue weighted by Gasteiger charge is 2.48. The quantitative estimate of drug-likeness (QED) is 0.739. The van der Waals surface area contributed by atoms with Crippen LogP contribution in [0.3, 0.4) is 0 Å². The van der Waals surface area contributed by atoms with E-state index in [1.165, 1.54) is 6.07 Å². The molecule has 3 nitrogen and oxygen atoms in total. The van der Waals surface area contributed by atoms with Crippen LogP contribution in [0.4, 0.5) is 10.1 Å². The molecule has 1 spiro atoms. The minimum Gasteiger partial charge on any atom is -0.349 e. The monoisotopic (exact) mass is 332 g/mol. The maximum Gasteiger partial charge on any atom is 0.256 e. The molecule has 1 heterocycles. The van der Waals surface area contributed by atoms with E-state index < -0.39 is 11.5 Å². The SMILES string of the molecule is CN1c2c(F)c(Br)cc(Cl)c2C(=O)NC12CCC2. The molecule has 0 bridgehead atoms. The number of carbonyl (C=O) groups excluding carboxylic acids is 1. The number of hydrogen-bond acceptors (Lipinski definition) is 2. The van der Waals surface area contributed by atoms with E-state index in [-0.39, 0.29) is 26.7 Å². The molecule has 1 aliphatic carbocycles. The van der Waals surface area contributed by atoms with Gasteiger partial charge in [-0.05, 0) is 41.3 Å². The zero-order valence-electron chi connectivity index (χ0n) is 9.69. The Hall–Kier alpha value is -0.810. The van der Waals surface area contributed by atoms with Crippen LogP contribution in [0.15, 0.2) is 10.5 Å². The van der Waals surface area contributed by atoms with Gasteiger partial charge in [0, 0.05) is 7.05 Å². The van der Waals surface area contributed by atoms with E-state index in [2.05, 4.69) is 21.2 Å². The molecule has 1 fully saturated rings. The lowest BCUT2D eigenvalue weighted by molar-refractivity contribution is 0.0800. The molecule has 1 amide bonds. The normalized spacial score (nSPS) is 20.4. The maximum atomic E-state index is 14.3. The van der Waals surface area contributed by atoms with Crippen molar-refractivity contribution < 1.29 is 9.18 Å². The zero-order chi connectivity index (χ0) is 13.1. The number of fused-ring (bicyclic) bond motifs is 1. The third-order valence-electron chi connectivity index (χ3n) is 3.88. The lowest BCUT2D eigenvalue weighted by Crippen LogP contribution is -2.66. The lowest BCUT2D eigenvalue weighted by atomic mass is 9.81. The summed E-state index contributed by atoms with van der Waals surface area (Å²) in [5, 5.41) is 3.20. The van der Waals surface area contributed by atoms with Gasteiger partial charge in [0.05, 0.1) is 20.7 Å². The minimum absolute atomic E-state index is 0.220. The summed E-state index contributed by atoms with van der Waals surface area (Å²) in [5.74, 6) is -0.725. The van der Waals surface area contributed by atoms with Gasteiger partial charge in [-0.2, -0.15) is 0 Å². The molecular formula is C12H11BrClFN2O. The predicted molar refractivity (Wildman–Crippen MR) is 71.6 cm³/mol. The van der Waals surface area contributed by atoms with Gasteiger partial charge in [0.2, 0.25) is 0 Å². The number of rotatable bonds is 0. The Morgan fingerprint density at radius 3 is 2.78 bits per heavy atom. The Balaban J connectivity index is 2.25. The molecule has 6 heteroatoms. The summed E-state index contributed by atoms with van der Waals surface area (Å²) in [6, 6.07) is 1.42. The second kappa shape index (κ2) is 3.84. The minimum atomic E-state index is -0.435. The van der Waals surface area contributed by atoms with Crippen molar-refractivity contribution in [1.82, 2.24) is 5.32 Å². The van der Waals surface area contributed by atoms with Crippen molar-refractivity contribution in [3.05, 3.63) is 26.9 Å². The number of benzene rings is 1. The van der Waals surface area contributed by atoms with E-state index in [1.807, 2.05) is 0 Å². The van der Waals surface area contributed by atoms with Gasteiger partial charge in [0.15, 0.2) is 5.82 Å². The van der Waals surface area contributed by atoms with Crippen LogP contribution in [0.2, 0.25) is 5.02 Å². The van der Waals surface area contributed by atoms with Gasteiger partial charge in [0.1, 0.15) is 5.66 Å². The van der Waals surface area contributed by atoms with Crippen LogP contribution in [-0.2, 0) is 0 Å². The first-order valence-corrected chi connectivity index (χ1v) is 6.87. The molecule has 0 radical (unpaired) electrons. The van der Waals surface area contributed by atoms with Gasteiger partial charge in [-0.25, -0.2) is 4.39 Å². The second-order valence-electron chi connectivity index (χ2n) is 4.78. The first-order chi connectivity index (χ1) is 8.46. The molecule has 1 aliphatic heterocycles. The summed E-state index contributed by atoms with van der Waals surface area (Å²) in [4.78, 5) is 13.9. The van der Waals surface area contributed by atoms with Gasteiger partial charge in [-0.1, -0.05) is 11.6 Å².